The molecule has 0 aromatic carbocycles. The number of carbonyl (C=O) groups excluding carboxylic acids is 1. The van der Waals surface area contributed by atoms with Gasteiger partial charge in [0, 0.05) is 29.5 Å². The van der Waals surface area contributed by atoms with E-state index in [1.54, 1.807) is 0 Å². The molecule has 2 aromatic rings. The van der Waals surface area contributed by atoms with Gasteiger partial charge in [-0.05, 0) is 29.9 Å². The van der Waals surface area contributed by atoms with E-state index in [4.69, 9.17) is 0 Å². The number of aromatic nitrogens is 3. The van der Waals surface area contributed by atoms with Crippen molar-refractivity contribution in [2.75, 3.05) is 5.32 Å². The summed E-state index contributed by atoms with van der Waals surface area (Å²) in [5, 5.41) is 9.61. The highest BCUT2D eigenvalue weighted by Gasteiger charge is 2.32. The van der Waals surface area contributed by atoms with Crippen molar-refractivity contribution in [1.29, 1.82) is 0 Å². The van der Waals surface area contributed by atoms with Gasteiger partial charge in [-0.2, -0.15) is 5.10 Å². The quantitative estimate of drug-likeness (QED) is 0.924. The summed E-state index contributed by atoms with van der Waals surface area (Å²) < 4.78 is 6.20. The predicted octanol–water partition coefficient (Wildman–Crippen LogP) is 2.93. The molecular weight excluding hydrogens is 272 g/mol. The molecule has 2 aliphatic rings. The van der Waals surface area contributed by atoms with Crippen molar-refractivity contribution in [2.45, 2.75) is 44.1 Å². The molecule has 1 atom stereocenters. The first-order valence-electron chi connectivity index (χ1n) is 7.09. The Bertz CT molecular complexity index is 628. The van der Waals surface area contributed by atoms with Gasteiger partial charge in [-0.3, -0.25) is 4.79 Å². The summed E-state index contributed by atoms with van der Waals surface area (Å²) in [4.78, 5) is 12.0. The Labute approximate surface area is 121 Å². The van der Waals surface area contributed by atoms with Crippen LogP contribution < -0.4 is 5.32 Å². The maximum atomic E-state index is 12.0. The van der Waals surface area contributed by atoms with Gasteiger partial charge in [0.1, 0.15) is 5.82 Å². The number of anilines is 1. The molecule has 1 aliphatic heterocycles. The molecule has 0 radical (unpaired) electrons. The van der Waals surface area contributed by atoms with E-state index in [2.05, 4.69) is 14.8 Å². The monoisotopic (exact) mass is 288 g/mol. The van der Waals surface area contributed by atoms with Crippen molar-refractivity contribution in [3.05, 3.63) is 28.9 Å². The maximum Gasteiger partial charge on any atom is 0.226 e. The summed E-state index contributed by atoms with van der Waals surface area (Å²) in [6.45, 7) is 0. The van der Waals surface area contributed by atoms with Crippen LogP contribution in [0.25, 0.3) is 0 Å². The molecule has 6 heteroatoms. The van der Waals surface area contributed by atoms with Crippen molar-refractivity contribution in [1.82, 2.24) is 14.2 Å². The van der Waals surface area contributed by atoms with Crippen LogP contribution in [0.3, 0.4) is 0 Å². The van der Waals surface area contributed by atoms with E-state index in [0.717, 1.165) is 29.8 Å². The van der Waals surface area contributed by atoms with Crippen LogP contribution in [0.5, 0.6) is 0 Å². The highest BCUT2D eigenvalue weighted by atomic mass is 32.1. The minimum absolute atomic E-state index is 0.0773. The number of rotatable bonds is 2. The number of fused-ring (bicyclic) bond motifs is 1. The highest BCUT2D eigenvalue weighted by molar-refractivity contribution is 7.03. The zero-order chi connectivity index (χ0) is 13.5. The third-order valence-electron chi connectivity index (χ3n) is 4.37. The third kappa shape index (κ3) is 1.86. The standard InChI is InChI=1S/C14H16N4OS/c19-13-5-11(9-6-16-20-8-9)12-7-15-18(14(12)17-13)10-3-1-2-4-10/h6-8,10-11H,1-5H2,(H,17,19). The first kappa shape index (κ1) is 12.1. The average Bonchev–Trinajstić information content (AvgIpc) is 3.18. The lowest BCUT2D eigenvalue weighted by Gasteiger charge is -2.24. The summed E-state index contributed by atoms with van der Waals surface area (Å²) in [6, 6.07) is 0.443. The van der Waals surface area contributed by atoms with Crippen LogP contribution in [0.4, 0.5) is 5.82 Å². The molecular formula is C14H16N4OS. The van der Waals surface area contributed by atoms with E-state index in [9.17, 15) is 4.79 Å². The molecule has 20 heavy (non-hydrogen) atoms. The van der Waals surface area contributed by atoms with Crippen molar-refractivity contribution in [3.8, 4) is 0 Å². The van der Waals surface area contributed by atoms with Crippen LogP contribution >= 0.6 is 11.5 Å². The number of amides is 1. The van der Waals surface area contributed by atoms with Gasteiger partial charge in [0.25, 0.3) is 0 Å². The minimum Gasteiger partial charge on any atom is -0.311 e. The zero-order valence-corrected chi connectivity index (χ0v) is 11.9. The first-order chi connectivity index (χ1) is 9.83. The topological polar surface area (TPSA) is 59.8 Å². The number of nitrogens with one attached hydrogen (secondary N) is 1. The molecule has 4 rings (SSSR count). The average molecular weight is 288 g/mol. The lowest BCUT2D eigenvalue weighted by molar-refractivity contribution is -0.116. The van der Waals surface area contributed by atoms with Gasteiger partial charge in [0.15, 0.2) is 0 Å². The fourth-order valence-electron chi connectivity index (χ4n) is 3.35. The molecule has 1 amide bonds. The summed E-state index contributed by atoms with van der Waals surface area (Å²) in [7, 11) is 0. The Morgan fingerprint density at radius 2 is 2.15 bits per heavy atom. The van der Waals surface area contributed by atoms with Gasteiger partial charge in [-0.1, -0.05) is 12.8 Å². The number of hydrogen-bond acceptors (Lipinski definition) is 4. The Hall–Kier alpha value is -1.69. The fraction of sp³-hybridized carbons (Fsp3) is 0.500. The van der Waals surface area contributed by atoms with Crippen molar-refractivity contribution in [3.63, 3.8) is 0 Å². The second-order valence-electron chi connectivity index (χ2n) is 5.59. The number of hydrogen-bond donors (Lipinski definition) is 1. The second-order valence-corrected chi connectivity index (χ2v) is 6.25. The van der Waals surface area contributed by atoms with Crippen LogP contribution in [-0.4, -0.2) is 20.1 Å². The Kier molecular flexibility index (Phi) is 2.84. The predicted molar refractivity (Wildman–Crippen MR) is 76.9 cm³/mol. The molecule has 0 bridgehead atoms. The minimum atomic E-state index is 0.0773. The van der Waals surface area contributed by atoms with Gasteiger partial charge in [-0.15, -0.1) is 0 Å². The molecule has 2 aromatic heterocycles. The smallest absolute Gasteiger partial charge is 0.226 e. The Morgan fingerprint density at radius 3 is 2.90 bits per heavy atom. The molecule has 1 fully saturated rings. The fourth-order valence-corrected chi connectivity index (χ4v) is 3.94. The molecule has 1 aliphatic carbocycles. The van der Waals surface area contributed by atoms with Crippen molar-refractivity contribution < 1.29 is 4.79 Å². The van der Waals surface area contributed by atoms with Crippen LogP contribution in [-0.2, 0) is 4.79 Å². The first-order valence-corrected chi connectivity index (χ1v) is 7.93. The molecule has 104 valence electrons. The number of carbonyl (C=O) groups is 1. The van der Waals surface area contributed by atoms with Gasteiger partial charge >= 0.3 is 0 Å². The molecule has 5 nitrogen and oxygen atoms in total. The van der Waals surface area contributed by atoms with Crippen molar-refractivity contribution in [2.24, 2.45) is 0 Å². The van der Waals surface area contributed by atoms with Crippen LogP contribution in [0.1, 0.15) is 55.2 Å². The zero-order valence-electron chi connectivity index (χ0n) is 11.1. The maximum absolute atomic E-state index is 12.0. The van der Waals surface area contributed by atoms with E-state index in [1.807, 2.05) is 22.5 Å². The van der Waals surface area contributed by atoms with Gasteiger partial charge in [-0.25, -0.2) is 9.06 Å². The van der Waals surface area contributed by atoms with E-state index in [0.29, 0.717) is 12.5 Å². The van der Waals surface area contributed by atoms with E-state index in [-0.39, 0.29) is 11.8 Å². The summed E-state index contributed by atoms with van der Waals surface area (Å²) in [5.74, 6) is 1.09. The Morgan fingerprint density at radius 1 is 1.30 bits per heavy atom. The van der Waals surface area contributed by atoms with Gasteiger partial charge in [0.2, 0.25) is 5.91 Å². The summed E-state index contributed by atoms with van der Waals surface area (Å²) in [6.07, 6.45) is 9.11. The van der Waals surface area contributed by atoms with Gasteiger partial charge < -0.3 is 5.32 Å². The van der Waals surface area contributed by atoms with E-state index in [1.165, 1.54) is 24.4 Å². The van der Waals surface area contributed by atoms with Crippen LogP contribution in [0, 0.1) is 0 Å². The molecule has 0 saturated heterocycles. The summed E-state index contributed by atoms with van der Waals surface area (Å²) >= 11 is 1.43. The van der Waals surface area contributed by atoms with Crippen LogP contribution in [0.15, 0.2) is 17.8 Å². The van der Waals surface area contributed by atoms with E-state index >= 15 is 0 Å². The van der Waals surface area contributed by atoms with E-state index < -0.39 is 0 Å². The third-order valence-corrected chi connectivity index (χ3v) is 4.98. The van der Waals surface area contributed by atoms with Gasteiger partial charge in [0.05, 0.1) is 12.2 Å². The Balaban J connectivity index is 1.76. The SMILES string of the molecule is O=C1CC(c2cnsc2)c2cnn(C3CCCC3)c2N1. The lowest BCUT2D eigenvalue weighted by atomic mass is 9.89. The molecule has 1 saturated carbocycles. The molecule has 1 N–H and O–H groups in total. The van der Waals surface area contributed by atoms with Crippen molar-refractivity contribution >= 4 is 23.3 Å². The largest absolute Gasteiger partial charge is 0.311 e. The summed E-state index contributed by atoms with van der Waals surface area (Å²) in [5.41, 5.74) is 2.26. The normalized spacial score (nSPS) is 22.8. The molecule has 1 unspecified atom stereocenters. The van der Waals surface area contributed by atoms with Crippen LogP contribution in [0.2, 0.25) is 0 Å². The highest BCUT2D eigenvalue weighted by Crippen LogP contribution is 2.40. The lowest BCUT2D eigenvalue weighted by Crippen LogP contribution is -2.25. The number of nitrogens with zero attached hydrogens (tertiary/aromatic N) is 3. The molecule has 3 heterocycles. The molecule has 0 spiro atoms. The second kappa shape index (κ2) is 4.70.